The Morgan fingerprint density at radius 3 is 2.62 bits per heavy atom. The molecule has 6 nitrogen and oxygen atoms in total. The number of nitrogens with one attached hydrogen (secondary N) is 2. The van der Waals surface area contributed by atoms with Gasteiger partial charge in [-0.2, -0.15) is 0 Å². The van der Waals surface area contributed by atoms with E-state index in [4.69, 9.17) is 9.73 Å². The lowest BCUT2D eigenvalue weighted by molar-refractivity contribution is 0.0211. The van der Waals surface area contributed by atoms with Gasteiger partial charge < -0.3 is 15.4 Å². The van der Waals surface area contributed by atoms with Crippen LogP contribution in [0.3, 0.4) is 0 Å². The molecule has 1 aromatic rings. The first-order valence-electron chi connectivity index (χ1n) is 8.37. The molecule has 1 aliphatic heterocycles. The van der Waals surface area contributed by atoms with E-state index < -0.39 is 0 Å². The number of rotatable bonds is 6. The smallest absolute Gasteiger partial charge is 0.191 e. The van der Waals surface area contributed by atoms with Gasteiger partial charge >= 0.3 is 0 Å². The third-order valence-corrected chi connectivity index (χ3v) is 5.02. The molecule has 1 saturated heterocycles. The number of hydrogen-bond donors (Lipinski definition) is 2. The minimum atomic E-state index is 0. The van der Waals surface area contributed by atoms with Gasteiger partial charge in [0.25, 0.3) is 0 Å². The summed E-state index contributed by atoms with van der Waals surface area (Å²) >= 11 is 1.73. The van der Waals surface area contributed by atoms with Gasteiger partial charge in [-0.15, -0.1) is 35.3 Å². The van der Waals surface area contributed by atoms with Gasteiger partial charge in [0.05, 0.1) is 30.5 Å². The standard InChI is InChI=1S/C16H29N5OS.HI/c1-5-17-16(19-11-15-13(3)20-14(4)23-15)18-10-12(2)21-6-8-22-9-7-21;/h12H,5-11H2,1-4H3,(H2,17,18,19);1H. The molecule has 0 bridgehead atoms. The Labute approximate surface area is 166 Å². The maximum Gasteiger partial charge on any atom is 0.191 e. The van der Waals surface area contributed by atoms with Crippen LogP contribution in [0, 0.1) is 13.8 Å². The Morgan fingerprint density at radius 1 is 1.33 bits per heavy atom. The number of aromatic nitrogens is 1. The highest BCUT2D eigenvalue weighted by molar-refractivity contribution is 14.0. The minimum Gasteiger partial charge on any atom is -0.379 e. The molecule has 0 aliphatic carbocycles. The fourth-order valence-corrected chi connectivity index (χ4v) is 3.47. The lowest BCUT2D eigenvalue weighted by Gasteiger charge is -2.32. The fourth-order valence-electron chi connectivity index (χ4n) is 2.60. The predicted molar refractivity (Wildman–Crippen MR) is 112 cm³/mol. The zero-order chi connectivity index (χ0) is 16.7. The van der Waals surface area contributed by atoms with Crippen LogP contribution in [-0.4, -0.2) is 61.3 Å². The summed E-state index contributed by atoms with van der Waals surface area (Å²) in [6.07, 6.45) is 0. The number of aryl methyl sites for hydroxylation is 2. The molecular formula is C16H30IN5OS. The molecule has 8 heteroatoms. The maximum absolute atomic E-state index is 5.41. The summed E-state index contributed by atoms with van der Waals surface area (Å²) in [5.74, 6) is 0.873. The second kappa shape index (κ2) is 11.2. The van der Waals surface area contributed by atoms with Crippen LogP contribution in [0.25, 0.3) is 0 Å². The Morgan fingerprint density at radius 2 is 2.04 bits per heavy atom. The molecule has 1 aliphatic rings. The molecule has 24 heavy (non-hydrogen) atoms. The van der Waals surface area contributed by atoms with Crippen molar-refractivity contribution < 1.29 is 4.74 Å². The molecule has 1 aromatic heterocycles. The number of guanidine groups is 1. The topological polar surface area (TPSA) is 61.8 Å². The van der Waals surface area contributed by atoms with E-state index in [9.17, 15) is 0 Å². The normalized spacial score (nSPS) is 17.2. The molecule has 1 fully saturated rings. The number of hydrogen-bond acceptors (Lipinski definition) is 5. The maximum atomic E-state index is 5.41. The summed E-state index contributed by atoms with van der Waals surface area (Å²) in [7, 11) is 0. The first-order chi connectivity index (χ1) is 11.1. The van der Waals surface area contributed by atoms with Crippen LogP contribution >= 0.6 is 35.3 Å². The van der Waals surface area contributed by atoms with Crippen LogP contribution in [0.4, 0.5) is 0 Å². The summed E-state index contributed by atoms with van der Waals surface area (Å²) in [5, 5.41) is 7.88. The molecule has 0 spiro atoms. The molecule has 0 amide bonds. The third kappa shape index (κ3) is 6.81. The number of morpholine rings is 1. The Balaban J connectivity index is 0.00000288. The van der Waals surface area contributed by atoms with Gasteiger partial charge in [-0.25, -0.2) is 9.98 Å². The summed E-state index contributed by atoms with van der Waals surface area (Å²) in [6, 6.07) is 0.468. The van der Waals surface area contributed by atoms with E-state index in [2.05, 4.69) is 41.3 Å². The number of nitrogens with zero attached hydrogens (tertiary/aromatic N) is 3. The highest BCUT2D eigenvalue weighted by atomic mass is 127. The lowest BCUT2D eigenvalue weighted by atomic mass is 10.2. The van der Waals surface area contributed by atoms with Gasteiger partial charge in [0, 0.05) is 37.1 Å². The van der Waals surface area contributed by atoms with E-state index in [1.54, 1.807) is 11.3 Å². The van der Waals surface area contributed by atoms with E-state index in [0.29, 0.717) is 12.6 Å². The average molecular weight is 467 g/mol. The number of thiazole rings is 1. The van der Waals surface area contributed by atoms with Crippen molar-refractivity contribution in [2.24, 2.45) is 4.99 Å². The van der Waals surface area contributed by atoms with E-state index in [-0.39, 0.29) is 24.0 Å². The quantitative estimate of drug-likeness (QED) is 0.382. The average Bonchev–Trinajstić information content (AvgIpc) is 2.88. The van der Waals surface area contributed by atoms with Crippen molar-refractivity contribution in [2.75, 3.05) is 39.4 Å². The van der Waals surface area contributed by atoms with Crippen molar-refractivity contribution >= 4 is 41.3 Å². The molecule has 0 saturated carbocycles. The molecule has 0 radical (unpaired) electrons. The second-order valence-corrected chi connectivity index (χ2v) is 7.10. The number of ether oxygens (including phenoxy) is 1. The van der Waals surface area contributed by atoms with Crippen LogP contribution in [-0.2, 0) is 11.3 Å². The van der Waals surface area contributed by atoms with Crippen molar-refractivity contribution in [3.8, 4) is 0 Å². The molecule has 2 rings (SSSR count). The first kappa shape index (κ1) is 21.6. The zero-order valence-electron chi connectivity index (χ0n) is 15.1. The van der Waals surface area contributed by atoms with Crippen molar-refractivity contribution in [3.63, 3.8) is 0 Å². The number of halogens is 1. The Hall–Kier alpha value is -0.450. The highest BCUT2D eigenvalue weighted by Gasteiger charge is 2.17. The van der Waals surface area contributed by atoms with Gasteiger partial charge in [-0.3, -0.25) is 4.90 Å². The molecule has 0 aromatic carbocycles. The van der Waals surface area contributed by atoms with Crippen LogP contribution < -0.4 is 10.6 Å². The van der Waals surface area contributed by atoms with Crippen molar-refractivity contribution in [1.82, 2.24) is 20.5 Å². The van der Waals surface area contributed by atoms with Crippen molar-refractivity contribution in [3.05, 3.63) is 15.6 Å². The monoisotopic (exact) mass is 467 g/mol. The van der Waals surface area contributed by atoms with Crippen LogP contribution in [0.5, 0.6) is 0 Å². The van der Waals surface area contributed by atoms with Gasteiger partial charge in [0.1, 0.15) is 0 Å². The molecule has 138 valence electrons. The minimum absolute atomic E-state index is 0. The van der Waals surface area contributed by atoms with Gasteiger partial charge in [0.15, 0.2) is 5.96 Å². The molecule has 2 N–H and O–H groups in total. The lowest BCUT2D eigenvalue weighted by Crippen LogP contribution is -2.49. The molecule has 2 heterocycles. The Bertz CT molecular complexity index is 517. The van der Waals surface area contributed by atoms with E-state index in [1.165, 1.54) is 4.88 Å². The van der Waals surface area contributed by atoms with E-state index in [0.717, 1.165) is 56.1 Å². The van der Waals surface area contributed by atoms with Gasteiger partial charge in [-0.05, 0) is 27.7 Å². The van der Waals surface area contributed by atoms with Crippen molar-refractivity contribution in [2.45, 2.75) is 40.3 Å². The van der Waals surface area contributed by atoms with Gasteiger partial charge in [-0.1, -0.05) is 0 Å². The molecule has 1 atom stereocenters. The van der Waals surface area contributed by atoms with Crippen LogP contribution in [0.2, 0.25) is 0 Å². The molecule has 1 unspecified atom stereocenters. The fraction of sp³-hybridized carbons (Fsp3) is 0.750. The molecular weight excluding hydrogens is 437 g/mol. The highest BCUT2D eigenvalue weighted by Crippen LogP contribution is 2.17. The first-order valence-corrected chi connectivity index (χ1v) is 9.18. The third-order valence-electron chi connectivity index (χ3n) is 3.96. The summed E-state index contributed by atoms with van der Waals surface area (Å²) in [4.78, 5) is 12.8. The summed E-state index contributed by atoms with van der Waals surface area (Å²) in [6.45, 7) is 14.5. The summed E-state index contributed by atoms with van der Waals surface area (Å²) < 4.78 is 5.41. The van der Waals surface area contributed by atoms with E-state index >= 15 is 0 Å². The largest absolute Gasteiger partial charge is 0.379 e. The Kier molecular flexibility index (Phi) is 10.1. The second-order valence-electron chi connectivity index (χ2n) is 5.81. The van der Waals surface area contributed by atoms with Crippen LogP contribution in [0.1, 0.15) is 29.4 Å². The van der Waals surface area contributed by atoms with Crippen molar-refractivity contribution in [1.29, 1.82) is 0 Å². The zero-order valence-corrected chi connectivity index (χ0v) is 18.2. The number of aliphatic imine (C=N–C) groups is 1. The van der Waals surface area contributed by atoms with Gasteiger partial charge in [0.2, 0.25) is 0 Å². The SMILES string of the molecule is CCNC(=NCc1sc(C)nc1C)NCC(C)N1CCOCC1.I. The van der Waals surface area contributed by atoms with Crippen LogP contribution in [0.15, 0.2) is 4.99 Å². The predicted octanol–water partition coefficient (Wildman–Crippen LogP) is 2.15. The van der Waals surface area contributed by atoms with E-state index in [1.807, 2.05) is 6.92 Å². The summed E-state index contributed by atoms with van der Waals surface area (Å²) in [5.41, 5.74) is 1.09.